The molecule has 1 aliphatic heterocycles. The van der Waals surface area contributed by atoms with Crippen molar-refractivity contribution in [3.05, 3.63) is 15.3 Å². The molecule has 0 amide bonds. The number of hydrogen-bond donors (Lipinski definition) is 0. The van der Waals surface area contributed by atoms with Crippen LogP contribution < -0.4 is 4.90 Å². The van der Waals surface area contributed by atoms with Crippen molar-refractivity contribution >= 4 is 33.5 Å². The van der Waals surface area contributed by atoms with E-state index in [4.69, 9.17) is 11.6 Å². The Morgan fingerprint density at radius 1 is 1.22 bits per heavy atom. The molecule has 0 aliphatic carbocycles. The highest BCUT2D eigenvalue weighted by molar-refractivity contribution is 9.10. The van der Waals surface area contributed by atoms with Crippen molar-refractivity contribution in [2.75, 3.05) is 38.1 Å². The van der Waals surface area contributed by atoms with Crippen LogP contribution in [0, 0.1) is 0 Å². The highest BCUT2D eigenvalue weighted by Gasteiger charge is 2.19. The quantitative estimate of drug-likeness (QED) is 0.796. The predicted octanol–water partition coefficient (Wildman–Crippen LogP) is 2.60. The molecule has 1 aromatic rings. The predicted molar refractivity (Wildman–Crippen MR) is 78.4 cm³/mol. The number of hydrogen-bond acceptors (Lipinski definition) is 4. The van der Waals surface area contributed by atoms with Crippen molar-refractivity contribution in [2.24, 2.45) is 0 Å². The van der Waals surface area contributed by atoms with E-state index in [1.165, 1.54) is 0 Å². The fourth-order valence-electron chi connectivity index (χ4n) is 2.00. The highest BCUT2D eigenvalue weighted by Crippen LogP contribution is 2.27. The number of likely N-dealkylation sites (N-methyl/N-ethyl adjacent to an activating group) is 1. The Bertz CT molecular complexity index is 419. The Morgan fingerprint density at radius 2 is 1.89 bits per heavy atom. The van der Waals surface area contributed by atoms with Crippen molar-refractivity contribution < 1.29 is 0 Å². The standard InChI is InChI=1S/C12H18BrClN4/c1-3-4-9-10(13)11(14)16-12(15-9)18-7-5-17(2)6-8-18/h3-8H2,1-2H3. The van der Waals surface area contributed by atoms with Crippen LogP contribution in [0.15, 0.2) is 4.47 Å². The van der Waals surface area contributed by atoms with Crippen LogP contribution in [0.4, 0.5) is 5.95 Å². The topological polar surface area (TPSA) is 32.3 Å². The molecule has 0 radical (unpaired) electrons. The Balaban J connectivity index is 2.22. The van der Waals surface area contributed by atoms with Crippen LogP contribution in [0.1, 0.15) is 19.0 Å². The Hall–Kier alpha value is -0.390. The minimum absolute atomic E-state index is 0.516. The van der Waals surface area contributed by atoms with E-state index >= 15 is 0 Å². The molecule has 100 valence electrons. The first kappa shape index (κ1) is 14.0. The molecule has 2 rings (SSSR count). The maximum atomic E-state index is 6.17. The molecule has 0 aromatic carbocycles. The summed E-state index contributed by atoms with van der Waals surface area (Å²) in [4.78, 5) is 13.5. The van der Waals surface area contributed by atoms with Gasteiger partial charge in [0.2, 0.25) is 5.95 Å². The van der Waals surface area contributed by atoms with Gasteiger partial charge < -0.3 is 9.80 Å². The summed E-state index contributed by atoms with van der Waals surface area (Å²) in [7, 11) is 2.13. The molecule has 1 aliphatic rings. The summed E-state index contributed by atoms with van der Waals surface area (Å²) >= 11 is 9.63. The molecule has 4 nitrogen and oxygen atoms in total. The third-order valence-corrected chi connectivity index (χ3v) is 4.48. The van der Waals surface area contributed by atoms with Gasteiger partial charge in [-0.1, -0.05) is 24.9 Å². The zero-order valence-electron chi connectivity index (χ0n) is 10.8. The fraction of sp³-hybridized carbons (Fsp3) is 0.667. The van der Waals surface area contributed by atoms with E-state index in [9.17, 15) is 0 Å². The number of aryl methyl sites for hydroxylation is 1. The molecule has 1 saturated heterocycles. The zero-order chi connectivity index (χ0) is 13.1. The monoisotopic (exact) mass is 332 g/mol. The molecule has 2 heterocycles. The van der Waals surface area contributed by atoms with Crippen LogP contribution in [-0.4, -0.2) is 48.1 Å². The van der Waals surface area contributed by atoms with E-state index in [0.717, 1.165) is 55.1 Å². The SMILES string of the molecule is CCCc1nc(N2CCN(C)CC2)nc(Cl)c1Br. The van der Waals surface area contributed by atoms with Crippen molar-refractivity contribution in [1.82, 2.24) is 14.9 Å². The zero-order valence-corrected chi connectivity index (χ0v) is 13.1. The molecule has 0 bridgehead atoms. The number of piperazine rings is 1. The molecule has 0 atom stereocenters. The van der Waals surface area contributed by atoms with Crippen LogP contribution in [0.25, 0.3) is 0 Å². The smallest absolute Gasteiger partial charge is 0.227 e. The fourth-order valence-corrected chi connectivity index (χ4v) is 2.56. The average Bonchev–Trinajstić information content (AvgIpc) is 2.36. The van der Waals surface area contributed by atoms with Gasteiger partial charge in [0, 0.05) is 26.2 Å². The molecular weight excluding hydrogens is 316 g/mol. The second-order valence-electron chi connectivity index (χ2n) is 4.62. The van der Waals surface area contributed by atoms with Gasteiger partial charge in [0.05, 0.1) is 10.2 Å². The largest absolute Gasteiger partial charge is 0.338 e. The van der Waals surface area contributed by atoms with Crippen LogP contribution in [0.3, 0.4) is 0 Å². The lowest BCUT2D eigenvalue weighted by Crippen LogP contribution is -2.45. The molecule has 0 unspecified atom stereocenters. The van der Waals surface area contributed by atoms with Gasteiger partial charge in [-0.3, -0.25) is 0 Å². The van der Waals surface area contributed by atoms with Gasteiger partial charge in [-0.2, -0.15) is 4.98 Å². The summed E-state index contributed by atoms with van der Waals surface area (Å²) < 4.78 is 0.837. The van der Waals surface area contributed by atoms with Gasteiger partial charge >= 0.3 is 0 Å². The summed E-state index contributed by atoms with van der Waals surface area (Å²) in [6.45, 7) is 6.14. The lowest BCUT2D eigenvalue weighted by Gasteiger charge is -2.32. The normalized spacial score (nSPS) is 17.2. The molecule has 0 saturated carbocycles. The summed E-state index contributed by atoms with van der Waals surface area (Å²) in [5.41, 5.74) is 1.01. The third-order valence-electron chi connectivity index (χ3n) is 3.14. The highest BCUT2D eigenvalue weighted by atomic mass is 79.9. The van der Waals surface area contributed by atoms with Gasteiger partial charge in [0.25, 0.3) is 0 Å². The minimum Gasteiger partial charge on any atom is -0.338 e. The first-order valence-corrected chi connectivity index (χ1v) is 7.44. The van der Waals surface area contributed by atoms with E-state index < -0.39 is 0 Å². The summed E-state index contributed by atoms with van der Waals surface area (Å²) in [6, 6.07) is 0. The molecule has 1 aromatic heterocycles. The molecule has 1 fully saturated rings. The number of nitrogens with zero attached hydrogens (tertiary/aromatic N) is 4. The van der Waals surface area contributed by atoms with E-state index in [1.807, 2.05) is 0 Å². The number of aromatic nitrogens is 2. The molecular formula is C12H18BrClN4. The van der Waals surface area contributed by atoms with Crippen molar-refractivity contribution in [1.29, 1.82) is 0 Å². The van der Waals surface area contributed by atoms with Gasteiger partial charge in [-0.15, -0.1) is 0 Å². The Labute approximate surface area is 121 Å². The van der Waals surface area contributed by atoms with E-state index in [2.05, 4.69) is 49.7 Å². The first-order valence-electron chi connectivity index (χ1n) is 6.27. The van der Waals surface area contributed by atoms with Gasteiger partial charge in [-0.05, 0) is 29.4 Å². The van der Waals surface area contributed by atoms with Crippen molar-refractivity contribution in [3.63, 3.8) is 0 Å². The molecule has 18 heavy (non-hydrogen) atoms. The van der Waals surface area contributed by atoms with E-state index in [1.54, 1.807) is 0 Å². The van der Waals surface area contributed by atoms with Gasteiger partial charge in [-0.25, -0.2) is 4.98 Å². The van der Waals surface area contributed by atoms with Crippen LogP contribution in [0.5, 0.6) is 0 Å². The van der Waals surface area contributed by atoms with Crippen LogP contribution in [0.2, 0.25) is 5.15 Å². The van der Waals surface area contributed by atoms with E-state index in [0.29, 0.717) is 5.15 Å². The maximum Gasteiger partial charge on any atom is 0.227 e. The third kappa shape index (κ3) is 3.13. The summed E-state index contributed by atoms with van der Waals surface area (Å²) in [5.74, 6) is 0.764. The van der Waals surface area contributed by atoms with Gasteiger partial charge in [0.1, 0.15) is 5.15 Å². The Morgan fingerprint density at radius 3 is 2.50 bits per heavy atom. The van der Waals surface area contributed by atoms with E-state index in [-0.39, 0.29) is 0 Å². The van der Waals surface area contributed by atoms with Gasteiger partial charge in [0.15, 0.2) is 0 Å². The molecule has 0 N–H and O–H groups in total. The van der Waals surface area contributed by atoms with Crippen LogP contribution in [-0.2, 0) is 6.42 Å². The lowest BCUT2D eigenvalue weighted by atomic mass is 10.2. The van der Waals surface area contributed by atoms with Crippen molar-refractivity contribution in [2.45, 2.75) is 19.8 Å². The first-order chi connectivity index (χ1) is 8.61. The summed E-state index contributed by atoms with van der Waals surface area (Å²) in [6.07, 6.45) is 1.97. The Kier molecular flexibility index (Phi) is 4.81. The lowest BCUT2D eigenvalue weighted by molar-refractivity contribution is 0.311. The van der Waals surface area contributed by atoms with Crippen LogP contribution >= 0.6 is 27.5 Å². The number of anilines is 1. The maximum absolute atomic E-state index is 6.17. The number of halogens is 2. The second-order valence-corrected chi connectivity index (χ2v) is 5.77. The second kappa shape index (κ2) is 6.17. The summed E-state index contributed by atoms with van der Waals surface area (Å²) in [5, 5.41) is 0.516. The molecule has 6 heteroatoms. The average molecular weight is 334 g/mol. The number of rotatable bonds is 3. The van der Waals surface area contributed by atoms with Crippen molar-refractivity contribution in [3.8, 4) is 0 Å². The minimum atomic E-state index is 0.516. The molecule has 0 spiro atoms.